The molecule has 13 heavy (non-hydrogen) atoms. The molecule has 0 aliphatic carbocycles. The second-order valence-electron chi connectivity index (χ2n) is 3.49. The van der Waals surface area contributed by atoms with Crippen LogP contribution in [0.25, 0.3) is 0 Å². The highest BCUT2D eigenvalue weighted by Crippen LogP contribution is 2.27. The Kier molecular flexibility index (Phi) is 9.10. The summed E-state index contributed by atoms with van der Waals surface area (Å²) in [5.41, 5.74) is 0. The summed E-state index contributed by atoms with van der Waals surface area (Å²) >= 11 is 17.3. The fraction of sp³-hybridized carbons (Fsp3) is 1.00. The smallest absolute Gasteiger partial charge is 0.126 e. The van der Waals surface area contributed by atoms with E-state index in [1.165, 1.54) is 38.5 Å². The van der Waals surface area contributed by atoms with Gasteiger partial charge in [-0.2, -0.15) is 0 Å². The van der Waals surface area contributed by atoms with Crippen molar-refractivity contribution in [2.24, 2.45) is 0 Å². The molecule has 0 aromatic rings. The average Bonchev–Trinajstić information content (AvgIpc) is 2.01. The molecular formula is C9H19Cl3Si. The highest BCUT2D eigenvalue weighted by Gasteiger charge is 2.23. The molecule has 0 N–H and O–H groups in total. The lowest BCUT2D eigenvalue weighted by atomic mass is 10.1. The van der Waals surface area contributed by atoms with Crippen LogP contribution >= 0.6 is 33.2 Å². The molecule has 0 aromatic carbocycles. The minimum absolute atomic E-state index is 0.825. The van der Waals surface area contributed by atoms with Crippen molar-refractivity contribution in [1.29, 1.82) is 0 Å². The third kappa shape index (κ3) is 13.1. The van der Waals surface area contributed by atoms with E-state index in [4.69, 9.17) is 33.2 Å². The fourth-order valence-electron chi connectivity index (χ4n) is 1.28. The van der Waals surface area contributed by atoms with Crippen LogP contribution in [0.15, 0.2) is 0 Å². The molecule has 0 rings (SSSR count). The molecule has 0 aliphatic heterocycles. The maximum Gasteiger partial charge on any atom is 0.341 e. The maximum absolute atomic E-state index is 5.77. The van der Waals surface area contributed by atoms with Crippen LogP contribution in [0.5, 0.6) is 0 Å². The monoisotopic (exact) mass is 260 g/mol. The van der Waals surface area contributed by atoms with Crippen LogP contribution in [-0.4, -0.2) is 6.00 Å². The Morgan fingerprint density at radius 1 is 0.769 bits per heavy atom. The molecule has 0 saturated heterocycles. The van der Waals surface area contributed by atoms with Crippen LogP contribution in [-0.2, 0) is 0 Å². The van der Waals surface area contributed by atoms with E-state index in [1.807, 2.05) is 0 Å². The lowest BCUT2D eigenvalue weighted by Crippen LogP contribution is -2.07. The lowest BCUT2D eigenvalue weighted by molar-refractivity contribution is 0.601. The fourth-order valence-corrected chi connectivity index (χ4v) is 3.14. The summed E-state index contributed by atoms with van der Waals surface area (Å²) in [4.78, 5) is 0. The second-order valence-corrected chi connectivity index (χ2v) is 12.8. The third-order valence-corrected chi connectivity index (χ3v) is 4.69. The molecule has 0 bridgehead atoms. The molecule has 80 valence electrons. The zero-order chi connectivity index (χ0) is 10.2. The minimum atomic E-state index is -2.32. The van der Waals surface area contributed by atoms with Crippen molar-refractivity contribution >= 4 is 39.2 Å². The van der Waals surface area contributed by atoms with Crippen LogP contribution < -0.4 is 0 Å². The van der Waals surface area contributed by atoms with Gasteiger partial charge in [0.25, 0.3) is 0 Å². The Labute approximate surface area is 97.1 Å². The molecule has 0 unspecified atom stereocenters. The highest BCUT2D eigenvalue weighted by molar-refractivity contribution is 7.64. The molecule has 0 radical (unpaired) electrons. The number of rotatable bonds is 8. The standard InChI is InChI=1S/C9H19Cl3Si/c1-2-3-4-5-6-7-8-9-13(10,11)12/h2-9H2,1H3. The van der Waals surface area contributed by atoms with E-state index in [2.05, 4.69) is 6.92 Å². The molecule has 0 amide bonds. The topological polar surface area (TPSA) is 0 Å². The van der Waals surface area contributed by atoms with E-state index in [0.717, 1.165) is 12.5 Å². The van der Waals surface area contributed by atoms with Crippen molar-refractivity contribution in [3.63, 3.8) is 0 Å². The first kappa shape index (κ1) is 14.1. The first-order chi connectivity index (χ1) is 6.06. The predicted octanol–water partition coefficient (Wildman–Crippen LogP) is 5.39. The lowest BCUT2D eigenvalue weighted by Gasteiger charge is -2.06. The van der Waals surface area contributed by atoms with Gasteiger partial charge in [0.2, 0.25) is 0 Å². The van der Waals surface area contributed by atoms with E-state index in [9.17, 15) is 0 Å². The average molecular weight is 262 g/mol. The zero-order valence-corrected chi connectivity index (χ0v) is 11.6. The number of unbranched alkanes of at least 4 members (excludes halogenated alkanes) is 6. The number of hydrogen-bond donors (Lipinski definition) is 0. The van der Waals surface area contributed by atoms with Crippen molar-refractivity contribution < 1.29 is 0 Å². The van der Waals surface area contributed by atoms with Crippen molar-refractivity contribution in [3.05, 3.63) is 0 Å². The largest absolute Gasteiger partial charge is 0.341 e. The molecule has 0 nitrogen and oxygen atoms in total. The molecule has 0 spiro atoms. The second kappa shape index (κ2) is 8.40. The van der Waals surface area contributed by atoms with E-state index in [-0.39, 0.29) is 0 Å². The first-order valence-electron chi connectivity index (χ1n) is 5.13. The molecule has 0 atom stereocenters. The summed E-state index contributed by atoms with van der Waals surface area (Å²) in [7, 11) is 0. The van der Waals surface area contributed by atoms with Gasteiger partial charge in [-0.1, -0.05) is 51.9 Å². The van der Waals surface area contributed by atoms with Gasteiger partial charge in [-0.05, 0) is 6.04 Å². The van der Waals surface area contributed by atoms with Crippen molar-refractivity contribution in [1.82, 2.24) is 0 Å². The van der Waals surface area contributed by atoms with Crippen LogP contribution in [0.4, 0.5) is 0 Å². The van der Waals surface area contributed by atoms with E-state index >= 15 is 0 Å². The van der Waals surface area contributed by atoms with Gasteiger partial charge in [0.05, 0.1) is 0 Å². The van der Waals surface area contributed by atoms with Gasteiger partial charge in [0.15, 0.2) is 0 Å². The van der Waals surface area contributed by atoms with Gasteiger partial charge in [-0.15, -0.1) is 33.2 Å². The van der Waals surface area contributed by atoms with Crippen LogP contribution in [0.2, 0.25) is 6.04 Å². The van der Waals surface area contributed by atoms with E-state index in [1.54, 1.807) is 0 Å². The molecule has 0 heterocycles. The maximum atomic E-state index is 5.77. The molecule has 0 aromatic heterocycles. The zero-order valence-electron chi connectivity index (χ0n) is 8.29. The summed E-state index contributed by atoms with van der Waals surface area (Å²) in [5, 5.41) is 0. The SMILES string of the molecule is CCCCCCCCC[Si](Cl)(Cl)Cl. The van der Waals surface area contributed by atoms with Gasteiger partial charge in [-0.3, -0.25) is 0 Å². The first-order valence-corrected chi connectivity index (χ1v) is 10.4. The number of halogens is 3. The Bertz CT molecular complexity index is 112. The summed E-state index contributed by atoms with van der Waals surface area (Å²) in [6, 6.07) is -1.49. The summed E-state index contributed by atoms with van der Waals surface area (Å²) < 4.78 is 0. The van der Waals surface area contributed by atoms with Gasteiger partial charge in [0.1, 0.15) is 0 Å². The number of hydrogen-bond acceptors (Lipinski definition) is 0. The van der Waals surface area contributed by atoms with Crippen molar-refractivity contribution in [2.75, 3.05) is 0 Å². The predicted molar refractivity (Wildman–Crippen MR) is 66.1 cm³/mol. The Morgan fingerprint density at radius 2 is 1.23 bits per heavy atom. The molecule has 4 heteroatoms. The summed E-state index contributed by atoms with van der Waals surface area (Å²) in [6.45, 7) is 2.23. The van der Waals surface area contributed by atoms with Gasteiger partial charge < -0.3 is 0 Å². The molecule has 0 saturated carbocycles. The van der Waals surface area contributed by atoms with Crippen LogP contribution in [0.3, 0.4) is 0 Å². The van der Waals surface area contributed by atoms with Gasteiger partial charge in [-0.25, -0.2) is 0 Å². The Balaban J connectivity index is 3.00. The molecular weight excluding hydrogens is 243 g/mol. The third-order valence-electron chi connectivity index (χ3n) is 2.06. The van der Waals surface area contributed by atoms with Crippen LogP contribution in [0, 0.1) is 0 Å². The molecule has 0 aliphatic rings. The minimum Gasteiger partial charge on any atom is -0.126 e. The van der Waals surface area contributed by atoms with E-state index in [0.29, 0.717) is 0 Å². The van der Waals surface area contributed by atoms with Gasteiger partial charge in [0, 0.05) is 0 Å². The summed E-state index contributed by atoms with van der Waals surface area (Å²) in [5.74, 6) is 0. The highest BCUT2D eigenvalue weighted by atomic mass is 35.8. The van der Waals surface area contributed by atoms with Crippen molar-refractivity contribution in [2.45, 2.75) is 57.9 Å². The van der Waals surface area contributed by atoms with Crippen molar-refractivity contribution in [3.8, 4) is 0 Å². The summed E-state index contributed by atoms with van der Waals surface area (Å²) in [6.07, 6.45) is 8.99. The Morgan fingerprint density at radius 3 is 1.69 bits per heavy atom. The molecule has 0 fully saturated rings. The van der Waals surface area contributed by atoms with E-state index < -0.39 is 6.00 Å². The normalized spacial score (nSPS) is 12.0. The quantitative estimate of drug-likeness (QED) is 0.312. The van der Waals surface area contributed by atoms with Crippen LogP contribution in [0.1, 0.15) is 51.9 Å². The van der Waals surface area contributed by atoms with Gasteiger partial charge >= 0.3 is 6.00 Å². The Hall–Kier alpha value is 1.09.